The molecule has 2 fully saturated rings. The molecule has 1 saturated carbocycles. The zero-order chi connectivity index (χ0) is 14.7. The van der Waals surface area contributed by atoms with Crippen molar-refractivity contribution in [1.29, 1.82) is 0 Å². The molecular formula is C16H28N2O2. The summed E-state index contributed by atoms with van der Waals surface area (Å²) in [5, 5.41) is 2.87. The molecule has 0 aromatic rings. The molecule has 3 unspecified atom stereocenters. The van der Waals surface area contributed by atoms with E-state index in [0.717, 1.165) is 6.42 Å². The van der Waals surface area contributed by atoms with Crippen molar-refractivity contribution in [2.75, 3.05) is 6.54 Å². The molecule has 2 amide bonds. The maximum absolute atomic E-state index is 12.7. The minimum Gasteiger partial charge on any atom is -0.342 e. The molecule has 0 radical (unpaired) electrons. The van der Waals surface area contributed by atoms with Gasteiger partial charge in [-0.3, -0.25) is 9.59 Å². The Kier molecular flexibility index (Phi) is 5.06. The van der Waals surface area contributed by atoms with Crippen molar-refractivity contribution in [3.63, 3.8) is 0 Å². The maximum Gasteiger partial charge on any atom is 0.246 e. The SMILES string of the molecule is CCC(C)C1NC(=O)CN(C(C)C2CCCCC2)C1=O. The van der Waals surface area contributed by atoms with E-state index in [4.69, 9.17) is 0 Å². The second-order valence-corrected chi connectivity index (χ2v) is 6.54. The van der Waals surface area contributed by atoms with Crippen LogP contribution in [-0.2, 0) is 9.59 Å². The molecule has 0 bridgehead atoms. The van der Waals surface area contributed by atoms with Gasteiger partial charge >= 0.3 is 0 Å². The highest BCUT2D eigenvalue weighted by Gasteiger charge is 2.39. The van der Waals surface area contributed by atoms with Gasteiger partial charge in [-0.05, 0) is 31.6 Å². The summed E-state index contributed by atoms with van der Waals surface area (Å²) >= 11 is 0. The number of carbonyl (C=O) groups is 2. The van der Waals surface area contributed by atoms with Crippen LogP contribution >= 0.6 is 0 Å². The number of nitrogens with zero attached hydrogens (tertiary/aromatic N) is 1. The summed E-state index contributed by atoms with van der Waals surface area (Å²) < 4.78 is 0. The molecule has 0 spiro atoms. The zero-order valence-corrected chi connectivity index (χ0v) is 13.0. The first-order valence-corrected chi connectivity index (χ1v) is 8.14. The third-order valence-corrected chi connectivity index (χ3v) is 5.22. The van der Waals surface area contributed by atoms with Gasteiger partial charge in [0, 0.05) is 6.04 Å². The fraction of sp³-hybridized carbons (Fsp3) is 0.875. The maximum atomic E-state index is 12.7. The summed E-state index contributed by atoms with van der Waals surface area (Å²) in [6.45, 7) is 6.47. The van der Waals surface area contributed by atoms with Gasteiger partial charge in [-0.1, -0.05) is 39.5 Å². The standard InChI is InChI=1S/C16H28N2O2/c1-4-11(2)15-16(20)18(10-14(19)17-15)12(3)13-8-6-5-7-9-13/h11-13,15H,4-10H2,1-3H3,(H,17,19). The lowest BCUT2D eigenvalue weighted by atomic mass is 9.83. The molecule has 2 rings (SSSR count). The first-order valence-electron chi connectivity index (χ1n) is 8.14. The molecule has 3 atom stereocenters. The molecule has 4 nitrogen and oxygen atoms in total. The first kappa shape index (κ1) is 15.3. The highest BCUT2D eigenvalue weighted by atomic mass is 16.2. The molecule has 1 saturated heterocycles. The monoisotopic (exact) mass is 280 g/mol. The van der Waals surface area contributed by atoms with Crippen molar-refractivity contribution in [3.05, 3.63) is 0 Å². The van der Waals surface area contributed by atoms with Crippen LogP contribution in [0.4, 0.5) is 0 Å². The molecule has 114 valence electrons. The Bertz CT molecular complexity index is 363. The molecule has 1 heterocycles. The van der Waals surface area contributed by atoms with Crippen LogP contribution in [0.5, 0.6) is 0 Å². The summed E-state index contributed by atoms with van der Waals surface area (Å²) in [5.41, 5.74) is 0. The second-order valence-electron chi connectivity index (χ2n) is 6.54. The highest BCUT2D eigenvalue weighted by Crippen LogP contribution is 2.30. The summed E-state index contributed by atoms with van der Waals surface area (Å²) in [6.07, 6.45) is 7.13. The van der Waals surface area contributed by atoms with Crippen molar-refractivity contribution < 1.29 is 9.59 Å². The Hall–Kier alpha value is -1.06. The van der Waals surface area contributed by atoms with Gasteiger partial charge in [0.2, 0.25) is 11.8 Å². The average molecular weight is 280 g/mol. The number of piperazine rings is 1. The topological polar surface area (TPSA) is 49.4 Å². The number of hydrogen-bond donors (Lipinski definition) is 1. The average Bonchev–Trinajstić information content (AvgIpc) is 2.48. The largest absolute Gasteiger partial charge is 0.342 e. The summed E-state index contributed by atoms with van der Waals surface area (Å²) in [4.78, 5) is 26.4. The van der Waals surface area contributed by atoms with Crippen LogP contribution in [0.15, 0.2) is 0 Å². The Morgan fingerprint density at radius 1 is 1.20 bits per heavy atom. The summed E-state index contributed by atoms with van der Waals surface area (Å²) in [6, 6.07) is -0.132. The van der Waals surface area contributed by atoms with Crippen LogP contribution in [0.25, 0.3) is 0 Å². The molecule has 1 aliphatic carbocycles. The van der Waals surface area contributed by atoms with Crippen LogP contribution in [-0.4, -0.2) is 35.3 Å². The van der Waals surface area contributed by atoms with Crippen LogP contribution in [0.2, 0.25) is 0 Å². The molecule has 1 N–H and O–H groups in total. The minimum atomic E-state index is -0.327. The van der Waals surface area contributed by atoms with E-state index in [2.05, 4.69) is 19.2 Å². The normalized spacial score (nSPS) is 28.1. The zero-order valence-electron chi connectivity index (χ0n) is 13.0. The minimum absolute atomic E-state index is 0.00226. The second kappa shape index (κ2) is 6.59. The quantitative estimate of drug-likeness (QED) is 0.859. The number of carbonyl (C=O) groups excluding carboxylic acids is 2. The van der Waals surface area contributed by atoms with Crippen molar-refractivity contribution >= 4 is 11.8 Å². The number of rotatable bonds is 4. The van der Waals surface area contributed by atoms with Gasteiger partial charge in [-0.2, -0.15) is 0 Å². The van der Waals surface area contributed by atoms with Crippen LogP contribution in [0.1, 0.15) is 59.3 Å². The van der Waals surface area contributed by atoms with Crippen LogP contribution in [0.3, 0.4) is 0 Å². The molecule has 2 aliphatic rings. The lowest BCUT2D eigenvalue weighted by molar-refractivity contribution is -0.149. The van der Waals surface area contributed by atoms with Crippen LogP contribution in [0, 0.1) is 11.8 Å². The molecule has 1 aliphatic heterocycles. The van der Waals surface area contributed by atoms with Crippen molar-refractivity contribution in [2.24, 2.45) is 11.8 Å². The number of amides is 2. The summed E-state index contributed by atoms with van der Waals surface area (Å²) in [5.74, 6) is 0.888. The molecule has 0 aromatic carbocycles. The Balaban J connectivity index is 2.08. The Morgan fingerprint density at radius 3 is 2.45 bits per heavy atom. The van der Waals surface area contributed by atoms with Crippen molar-refractivity contribution in [2.45, 2.75) is 71.4 Å². The predicted molar refractivity (Wildman–Crippen MR) is 79.1 cm³/mol. The molecular weight excluding hydrogens is 252 g/mol. The fourth-order valence-corrected chi connectivity index (χ4v) is 3.53. The predicted octanol–water partition coefficient (Wildman–Crippen LogP) is 2.33. The smallest absolute Gasteiger partial charge is 0.246 e. The fourth-order valence-electron chi connectivity index (χ4n) is 3.53. The summed E-state index contributed by atoms with van der Waals surface area (Å²) in [7, 11) is 0. The molecule has 0 aromatic heterocycles. The highest BCUT2D eigenvalue weighted by molar-refractivity contribution is 5.95. The Morgan fingerprint density at radius 2 is 1.85 bits per heavy atom. The van der Waals surface area contributed by atoms with Gasteiger partial charge < -0.3 is 10.2 Å². The van der Waals surface area contributed by atoms with Gasteiger partial charge in [0.15, 0.2) is 0 Å². The third kappa shape index (κ3) is 3.15. The van der Waals surface area contributed by atoms with E-state index >= 15 is 0 Å². The number of nitrogens with one attached hydrogen (secondary N) is 1. The van der Waals surface area contributed by atoms with Crippen molar-refractivity contribution in [1.82, 2.24) is 10.2 Å². The van der Waals surface area contributed by atoms with Gasteiger partial charge in [0.05, 0.1) is 6.54 Å². The number of hydrogen-bond acceptors (Lipinski definition) is 2. The lowest BCUT2D eigenvalue weighted by Crippen LogP contribution is -2.63. The van der Waals surface area contributed by atoms with E-state index in [0.29, 0.717) is 5.92 Å². The molecule has 4 heteroatoms. The van der Waals surface area contributed by atoms with Gasteiger partial charge in [0.25, 0.3) is 0 Å². The lowest BCUT2D eigenvalue weighted by Gasteiger charge is -2.42. The van der Waals surface area contributed by atoms with Crippen molar-refractivity contribution in [3.8, 4) is 0 Å². The molecule has 20 heavy (non-hydrogen) atoms. The Labute approximate surface area is 122 Å². The van der Waals surface area contributed by atoms with E-state index in [1.54, 1.807) is 0 Å². The van der Waals surface area contributed by atoms with E-state index in [-0.39, 0.29) is 36.4 Å². The van der Waals surface area contributed by atoms with Gasteiger partial charge in [-0.25, -0.2) is 0 Å². The van der Waals surface area contributed by atoms with Crippen LogP contribution < -0.4 is 5.32 Å². The first-order chi connectivity index (χ1) is 9.54. The van der Waals surface area contributed by atoms with E-state index in [1.165, 1.54) is 32.1 Å². The van der Waals surface area contributed by atoms with Gasteiger partial charge in [-0.15, -0.1) is 0 Å². The van der Waals surface area contributed by atoms with E-state index in [9.17, 15) is 9.59 Å². The van der Waals surface area contributed by atoms with Gasteiger partial charge in [0.1, 0.15) is 6.04 Å². The van der Waals surface area contributed by atoms with E-state index in [1.807, 2.05) is 11.8 Å². The van der Waals surface area contributed by atoms with E-state index < -0.39 is 0 Å². The third-order valence-electron chi connectivity index (χ3n) is 5.22.